The molecule has 1 rings (SSSR count). The Hall–Kier alpha value is -1.55. The molecule has 4 heteroatoms. The third-order valence-corrected chi connectivity index (χ3v) is 2.55. The second-order valence-corrected chi connectivity index (χ2v) is 5.63. The minimum Gasteiger partial charge on any atom is -0.444 e. The summed E-state index contributed by atoms with van der Waals surface area (Å²) in [6.07, 6.45) is 0.328. The first-order valence-corrected chi connectivity index (χ1v) is 6.44. The smallest absolute Gasteiger partial charge is 0.410 e. The van der Waals surface area contributed by atoms with Crippen LogP contribution in [0.4, 0.5) is 4.79 Å². The summed E-state index contributed by atoms with van der Waals surface area (Å²) in [5.41, 5.74) is 1.65. The van der Waals surface area contributed by atoms with Gasteiger partial charge in [0.25, 0.3) is 0 Å². The largest absolute Gasteiger partial charge is 0.444 e. The van der Waals surface area contributed by atoms with Crippen LogP contribution >= 0.6 is 0 Å². The van der Waals surface area contributed by atoms with Gasteiger partial charge in [-0.2, -0.15) is 0 Å². The molecule has 0 fully saturated rings. The fourth-order valence-electron chi connectivity index (χ4n) is 1.62. The zero-order valence-corrected chi connectivity index (χ0v) is 12.1. The summed E-state index contributed by atoms with van der Waals surface area (Å²) in [6.45, 7) is 6.21. The summed E-state index contributed by atoms with van der Waals surface area (Å²) >= 11 is 0. The van der Waals surface area contributed by atoms with Gasteiger partial charge in [0.1, 0.15) is 5.60 Å². The molecule has 0 atom stereocenters. The average Bonchev–Trinajstić information content (AvgIpc) is 2.29. The van der Waals surface area contributed by atoms with Crippen molar-refractivity contribution < 1.29 is 14.6 Å². The Kier molecular flexibility index (Phi) is 5.36. The third kappa shape index (κ3) is 5.75. The molecule has 0 saturated carbocycles. The maximum atomic E-state index is 11.8. The molecule has 0 aromatic heterocycles. The van der Waals surface area contributed by atoms with Crippen LogP contribution in [0.5, 0.6) is 0 Å². The molecule has 0 aliphatic carbocycles. The van der Waals surface area contributed by atoms with Crippen molar-refractivity contribution in [2.75, 3.05) is 13.7 Å². The minimum atomic E-state index is -0.476. The summed E-state index contributed by atoms with van der Waals surface area (Å²) in [4.78, 5) is 13.4. The third-order valence-electron chi connectivity index (χ3n) is 2.55. The lowest BCUT2D eigenvalue weighted by atomic mass is 10.1. The van der Waals surface area contributed by atoms with Gasteiger partial charge in [0.2, 0.25) is 0 Å². The van der Waals surface area contributed by atoms with Crippen molar-refractivity contribution in [3.63, 3.8) is 0 Å². The first-order chi connectivity index (χ1) is 8.81. The van der Waals surface area contributed by atoms with E-state index in [1.54, 1.807) is 11.9 Å². The van der Waals surface area contributed by atoms with Gasteiger partial charge in [0, 0.05) is 20.2 Å². The Bertz CT molecular complexity index is 406. The second kappa shape index (κ2) is 6.57. The van der Waals surface area contributed by atoms with Gasteiger partial charge in [-0.25, -0.2) is 4.79 Å². The molecule has 0 saturated heterocycles. The number of nitrogens with zero attached hydrogens (tertiary/aromatic N) is 1. The molecule has 0 spiro atoms. The van der Waals surface area contributed by atoms with Crippen LogP contribution in [-0.2, 0) is 17.7 Å². The Labute approximate surface area is 115 Å². The minimum absolute atomic E-state index is 0.150. The number of aliphatic hydroxyl groups excluding tert-OH is 1. The standard InChI is InChI=1S/C15H23NO3/c1-15(2,3)19-14(18)16(4)11-13-7-5-12(6-8-13)9-10-17/h5-8,17H,9-11H2,1-4H3. The van der Waals surface area contributed by atoms with Crippen molar-refractivity contribution in [1.82, 2.24) is 4.90 Å². The molecule has 1 N–H and O–H groups in total. The number of hydrogen-bond donors (Lipinski definition) is 1. The first kappa shape index (κ1) is 15.5. The highest BCUT2D eigenvalue weighted by molar-refractivity contribution is 5.67. The maximum absolute atomic E-state index is 11.8. The fourth-order valence-corrected chi connectivity index (χ4v) is 1.62. The van der Waals surface area contributed by atoms with Crippen LogP contribution in [0.15, 0.2) is 24.3 Å². The molecule has 0 aliphatic heterocycles. The highest BCUT2D eigenvalue weighted by Crippen LogP contribution is 2.12. The number of carbonyl (C=O) groups excluding carboxylic acids is 1. The topological polar surface area (TPSA) is 49.8 Å². The first-order valence-electron chi connectivity index (χ1n) is 6.44. The predicted molar refractivity (Wildman–Crippen MR) is 74.9 cm³/mol. The molecule has 0 aliphatic rings. The number of aliphatic hydroxyl groups is 1. The van der Waals surface area contributed by atoms with Crippen molar-refractivity contribution in [2.24, 2.45) is 0 Å². The van der Waals surface area contributed by atoms with Gasteiger partial charge in [-0.1, -0.05) is 24.3 Å². The van der Waals surface area contributed by atoms with Crippen molar-refractivity contribution >= 4 is 6.09 Å². The lowest BCUT2D eigenvalue weighted by molar-refractivity contribution is 0.0285. The van der Waals surface area contributed by atoms with Crippen molar-refractivity contribution in [3.05, 3.63) is 35.4 Å². The van der Waals surface area contributed by atoms with E-state index in [0.29, 0.717) is 13.0 Å². The van der Waals surface area contributed by atoms with E-state index in [1.165, 1.54) is 0 Å². The van der Waals surface area contributed by atoms with Gasteiger partial charge < -0.3 is 14.7 Å². The fraction of sp³-hybridized carbons (Fsp3) is 0.533. The molecular formula is C15H23NO3. The van der Waals surface area contributed by atoms with E-state index < -0.39 is 5.60 Å². The number of ether oxygens (including phenoxy) is 1. The summed E-state index contributed by atoms with van der Waals surface area (Å²) in [7, 11) is 1.72. The van der Waals surface area contributed by atoms with Gasteiger partial charge in [-0.3, -0.25) is 0 Å². The van der Waals surface area contributed by atoms with E-state index in [-0.39, 0.29) is 12.7 Å². The van der Waals surface area contributed by atoms with Crippen molar-refractivity contribution in [1.29, 1.82) is 0 Å². The highest BCUT2D eigenvalue weighted by Gasteiger charge is 2.19. The van der Waals surface area contributed by atoms with Crippen LogP contribution < -0.4 is 0 Å². The van der Waals surface area contributed by atoms with Crippen molar-refractivity contribution in [3.8, 4) is 0 Å². The summed E-state index contributed by atoms with van der Waals surface area (Å²) < 4.78 is 5.29. The van der Waals surface area contributed by atoms with E-state index in [0.717, 1.165) is 11.1 Å². The van der Waals surface area contributed by atoms with Crippen LogP contribution in [0.3, 0.4) is 0 Å². The molecule has 4 nitrogen and oxygen atoms in total. The SMILES string of the molecule is CN(Cc1ccc(CCO)cc1)C(=O)OC(C)(C)C. The van der Waals surface area contributed by atoms with Crippen LogP contribution in [-0.4, -0.2) is 35.4 Å². The molecule has 1 aromatic carbocycles. The molecule has 0 bridgehead atoms. The molecule has 0 radical (unpaired) electrons. The summed E-state index contributed by atoms with van der Waals surface area (Å²) in [5, 5.41) is 8.85. The number of rotatable bonds is 4. The molecule has 0 unspecified atom stereocenters. The van der Waals surface area contributed by atoms with Gasteiger partial charge in [-0.05, 0) is 38.3 Å². The van der Waals surface area contributed by atoms with E-state index in [9.17, 15) is 4.79 Å². The number of benzene rings is 1. The molecular weight excluding hydrogens is 242 g/mol. The Morgan fingerprint density at radius 2 is 1.74 bits per heavy atom. The molecule has 0 heterocycles. The van der Waals surface area contributed by atoms with Gasteiger partial charge in [-0.15, -0.1) is 0 Å². The lowest BCUT2D eigenvalue weighted by Gasteiger charge is -2.24. The van der Waals surface area contributed by atoms with E-state index in [4.69, 9.17) is 9.84 Å². The van der Waals surface area contributed by atoms with Crippen molar-refractivity contribution in [2.45, 2.75) is 39.3 Å². The molecule has 1 aromatic rings. The number of hydrogen-bond acceptors (Lipinski definition) is 3. The second-order valence-electron chi connectivity index (χ2n) is 5.63. The quantitative estimate of drug-likeness (QED) is 0.910. The molecule has 106 valence electrons. The van der Waals surface area contributed by atoms with E-state index in [1.807, 2.05) is 45.0 Å². The Balaban J connectivity index is 2.56. The normalized spacial score (nSPS) is 11.2. The van der Waals surface area contributed by atoms with Crippen LogP contribution in [0.2, 0.25) is 0 Å². The van der Waals surface area contributed by atoms with E-state index >= 15 is 0 Å². The zero-order chi connectivity index (χ0) is 14.5. The number of amides is 1. The van der Waals surface area contributed by atoms with Crippen LogP contribution in [0.1, 0.15) is 31.9 Å². The van der Waals surface area contributed by atoms with Gasteiger partial charge >= 0.3 is 6.09 Å². The predicted octanol–water partition coefficient (Wildman–Crippen LogP) is 2.59. The Morgan fingerprint density at radius 1 is 1.21 bits per heavy atom. The van der Waals surface area contributed by atoms with Gasteiger partial charge in [0.15, 0.2) is 0 Å². The maximum Gasteiger partial charge on any atom is 0.410 e. The zero-order valence-electron chi connectivity index (χ0n) is 12.1. The Morgan fingerprint density at radius 3 is 2.21 bits per heavy atom. The molecule has 1 amide bonds. The number of carbonyl (C=O) groups is 1. The lowest BCUT2D eigenvalue weighted by Crippen LogP contribution is -2.33. The highest BCUT2D eigenvalue weighted by atomic mass is 16.6. The van der Waals surface area contributed by atoms with Gasteiger partial charge in [0.05, 0.1) is 0 Å². The van der Waals surface area contributed by atoms with E-state index in [2.05, 4.69) is 0 Å². The van der Waals surface area contributed by atoms with Crippen LogP contribution in [0, 0.1) is 0 Å². The molecule has 19 heavy (non-hydrogen) atoms. The average molecular weight is 265 g/mol. The summed E-state index contributed by atoms with van der Waals surface area (Å²) in [6, 6.07) is 7.86. The monoisotopic (exact) mass is 265 g/mol. The summed E-state index contributed by atoms with van der Waals surface area (Å²) in [5.74, 6) is 0. The van der Waals surface area contributed by atoms with Crippen LogP contribution in [0.25, 0.3) is 0 Å².